The Morgan fingerprint density at radius 2 is 0.547 bits per heavy atom. The monoisotopic (exact) mass is 1050 g/mol. The van der Waals surface area contributed by atoms with Crippen molar-refractivity contribution in [2.45, 2.75) is 348 Å². The van der Waals surface area contributed by atoms with Crippen LogP contribution < -0.4 is 0 Å². The fourth-order valence-corrected chi connectivity index (χ4v) is 9.63. The van der Waals surface area contributed by atoms with Gasteiger partial charge in [0.2, 0.25) is 0 Å². The van der Waals surface area contributed by atoms with Gasteiger partial charge in [0.25, 0.3) is 0 Å². The summed E-state index contributed by atoms with van der Waals surface area (Å²) in [6.07, 6.45) is 81.2. The summed E-state index contributed by atoms with van der Waals surface area (Å²) < 4.78 is 16.8. The van der Waals surface area contributed by atoms with Gasteiger partial charge in [0.15, 0.2) is 6.10 Å². The molecule has 0 amide bonds. The van der Waals surface area contributed by atoms with Crippen molar-refractivity contribution in [3.63, 3.8) is 0 Å². The zero-order chi connectivity index (χ0) is 54.3. The maximum Gasteiger partial charge on any atom is 0.306 e. The van der Waals surface area contributed by atoms with Crippen LogP contribution in [0.1, 0.15) is 342 Å². The van der Waals surface area contributed by atoms with Gasteiger partial charge in [0.05, 0.1) is 0 Å². The van der Waals surface area contributed by atoms with E-state index in [0.29, 0.717) is 19.3 Å². The van der Waals surface area contributed by atoms with E-state index in [2.05, 4.69) is 75.5 Å². The lowest BCUT2D eigenvalue weighted by Gasteiger charge is -2.18. The highest BCUT2D eigenvalue weighted by atomic mass is 16.6. The molecule has 1 unspecified atom stereocenters. The predicted molar refractivity (Wildman–Crippen MR) is 325 cm³/mol. The third kappa shape index (κ3) is 61.8. The molecular formula is C69H124O6. The fraction of sp³-hybridized carbons (Fsp3) is 0.812. The molecule has 0 radical (unpaired) electrons. The van der Waals surface area contributed by atoms with E-state index < -0.39 is 6.10 Å². The molecule has 436 valence electrons. The van der Waals surface area contributed by atoms with E-state index in [1.165, 1.54) is 231 Å². The van der Waals surface area contributed by atoms with Gasteiger partial charge >= 0.3 is 17.9 Å². The van der Waals surface area contributed by atoms with Crippen LogP contribution in [0.3, 0.4) is 0 Å². The molecule has 0 aromatic rings. The number of carbonyl (C=O) groups is 3. The van der Waals surface area contributed by atoms with Crippen LogP contribution >= 0.6 is 0 Å². The van der Waals surface area contributed by atoms with Gasteiger partial charge in [-0.15, -0.1) is 0 Å². The number of hydrogen-bond acceptors (Lipinski definition) is 6. The van der Waals surface area contributed by atoms with Crippen molar-refractivity contribution in [2.75, 3.05) is 13.2 Å². The summed E-state index contributed by atoms with van der Waals surface area (Å²) in [7, 11) is 0. The fourth-order valence-electron chi connectivity index (χ4n) is 9.63. The molecule has 0 spiro atoms. The Hall–Kier alpha value is -2.89. The van der Waals surface area contributed by atoms with Crippen molar-refractivity contribution < 1.29 is 28.6 Å². The molecule has 0 heterocycles. The van der Waals surface area contributed by atoms with E-state index in [-0.39, 0.29) is 37.5 Å². The number of unbranched alkanes of at least 4 members (excludes halogenated alkanes) is 39. The Bertz CT molecular complexity index is 1340. The number of rotatable bonds is 60. The van der Waals surface area contributed by atoms with Gasteiger partial charge < -0.3 is 14.2 Å². The number of carbonyl (C=O) groups excluding carboxylic acids is 3. The third-order valence-electron chi connectivity index (χ3n) is 14.5. The molecule has 0 rings (SSSR count). The lowest BCUT2D eigenvalue weighted by atomic mass is 10.0. The molecule has 0 saturated heterocycles. The summed E-state index contributed by atoms with van der Waals surface area (Å²) in [6, 6.07) is 0. The Labute approximate surface area is 466 Å². The van der Waals surface area contributed by atoms with Crippen molar-refractivity contribution in [3.05, 3.63) is 60.8 Å². The summed E-state index contributed by atoms with van der Waals surface area (Å²) in [5, 5.41) is 0. The highest BCUT2D eigenvalue weighted by Crippen LogP contribution is 2.18. The summed E-state index contributed by atoms with van der Waals surface area (Å²) in [5.74, 6) is -0.959. The van der Waals surface area contributed by atoms with Crippen LogP contribution in [0.15, 0.2) is 60.8 Å². The van der Waals surface area contributed by atoms with Crippen LogP contribution in [0.4, 0.5) is 0 Å². The Morgan fingerprint density at radius 3 is 0.893 bits per heavy atom. The Kier molecular flexibility index (Phi) is 61.2. The van der Waals surface area contributed by atoms with Crippen molar-refractivity contribution in [2.24, 2.45) is 0 Å². The largest absolute Gasteiger partial charge is 0.462 e. The first-order chi connectivity index (χ1) is 37.0. The SMILES string of the molecule is CC/C=C\C/C=C\C/C=C\C/C=C\CCC(=O)OCC(COC(=O)CCCCCCCCCCCCCCCCCCC/C=C\CCCCCCCCCC)OC(=O)CCCCCCCCCCCCCCCCC. The number of ether oxygens (including phenoxy) is 3. The minimum atomic E-state index is -0.800. The second-order valence-electron chi connectivity index (χ2n) is 22.0. The summed E-state index contributed by atoms with van der Waals surface area (Å²) in [6.45, 7) is 6.51. The van der Waals surface area contributed by atoms with Gasteiger partial charge in [0.1, 0.15) is 13.2 Å². The van der Waals surface area contributed by atoms with Crippen LogP contribution in [0.2, 0.25) is 0 Å². The van der Waals surface area contributed by atoms with Crippen molar-refractivity contribution in [3.8, 4) is 0 Å². The predicted octanol–water partition coefficient (Wildman–Crippen LogP) is 22.3. The number of esters is 3. The maximum atomic E-state index is 12.9. The van der Waals surface area contributed by atoms with E-state index in [4.69, 9.17) is 14.2 Å². The molecule has 1 atom stereocenters. The third-order valence-corrected chi connectivity index (χ3v) is 14.5. The molecule has 0 aliphatic heterocycles. The second kappa shape index (κ2) is 63.6. The van der Waals surface area contributed by atoms with Gasteiger partial charge in [-0.05, 0) is 70.6 Å². The molecule has 0 bridgehead atoms. The van der Waals surface area contributed by atoms with Crippen LogP contribution in [0, 0.1) is 0 Å². The second-order valence-corrected chi connectivity index (χ2v) is 22.0. The smallest absolute Gasteiger partial charge is 0.306 e. The van der Waals surface area contributed by atoms with Crippen molar-refractivity contribution in [1.82, 2.24) is 0 Å². The molecule has 75 heavy (non-hydrogen) atoms. The van der Waals surface area contributed by atoms with Crippen molar-refractivity contribution in [1.29, 1.82) is 0 Å². The molecule has 0 N–H and O–H groups in total. The molecule has 0 aromatic carbocycles. The first-order valence-corrected chi connectivity index (χ1v) is 32.8. The average molecular weight is 1050 g/mol. The Morgan fingerprint density at radius 1 is 0.280 bits per heavy atom. The normalized spacial score (nSPS) is 12.4. The minimum Gasteiger partial charge on any atom is -0.462 e. The van der Waals surface area contributed by atoms with E-state index in [1.807, 2.05) is 6.08 Å². The molecule has 0 fully saturated rings. The summed E-state index contributed by atoms with van der Waals surface area (Å²) >= 11 is 0. The first-order valence-electron chi connectivity index (χ1n) is 32.8. The number of allylic oxidation sites excluding steroid dienone is 10. The van der Waals surface area contributed by atoms with Crippen molar-refractivity contribution >= 4 is 17.9 Å². The van der Waals surface area contributed by atoms with E-state index in [9.17, 15) is 14.4 Å². The van der Waals surface area contributed by atoms with Crippen LogP contribution in [-0.2, 0) is 28.6 Å². The minimum absolute atomic E-state index is 0.0920. The highest BCUT2D eigenvalue weighted by molar-refractivity contribution is 5.71. The van der Waals surface area contributed by atoms with Gasteiger partial charge in [0, 0.05) is 19.3 Å². The Balaban J connectivity index is 4.20. The summed E-state index contributed by atoms with van der Waals surface area (Å²) in [5.41, 5.74) is 0. The zero-order valence-electron chi connectivity index (χ0n) is 50.1. The van der Waals surface area contributed by atoms with E-state index in [0.717, 1.165) is 64.2 Å². The van der Waals surface area contributed by atoms with E-state index in [1.54, 1.807) is 0 Å². The standard InChI is InChI=1S/C69H124O6/c1-4-7-10-13-16-19-22-25-27-28-29-30-31-32-33-34-35-36-37-38-39-40-42-44-47-50-53-56-59-62-68(71)74-65-66(64-73-67(70)61-58-55-52-49-46-43-24-21-18-15-12-9-6-3)75-69(72)63-60-57-54-51-48-45-41-26-23-20-17-14-11-8-5-2/h9,12,18,21,28-29,43,46,52,55,66H,4-8,10-11,13-17,19-20,22-27,30-42,44-45,47-51,53-54,56-65H2,1-3H3/b12-9-,21-18-,29-28-,46-43-,55-52-. The molecule has 6 heteroatoms. The van der Waals surface area contributed by atoms with Gasteiger partial charge in [-0.25, -0.2) is 0 Å². The molecule has 0 saturated carbocycles. The topological polar surface area (TPSA) is 78.9 Å². The van der Waals surface area contributed by atoms with E-state index >= 15 is 0 Å². The zero-order valence-corrected chi connectivity index (χ0v) is 50.1. The maximum absolute atomic E-state index is 12.9. The molecule has 6 nitrogen and oxygen atoms in total. The summed E-state index contributed by atoms with van der Waals surface area (Å²) in [4.78, 5) is 38.2. The van der Waals surface area contributed by atoms with Gasteiger partial charge in [-0.3, -0.25) is 14.4 Å². The average Bonchev–Trinajstić information content (AvgIpc) is 3.41. The molecular weight excluding hydrogens is 925 g/mol. The van der Waals surface area contributed by atoms with Gasteiger partial charge in [-0.1, -0.05) is 313 Å². The molecule has 0 aromatic heterocycles. The van der Waals surface area contributed by atoms with Gasteiger partial charge in [-0.2, -0.15) is 0 Å². The molecule has 0 aliphatic carbocycles. The number of hydrogen-bond donors (Lipinski definition) is 0. The van der Waals surface area contributed by atoms with Crippen LogP contribution in [0.5, 0.6) is 0 Å². The lowest BCUT2D eigenvalue weighted by molar-refractivity contribution is -0.166. The first kappa shape index (κ1) is 72.1. The van der Waals surface area contributed by atoms with Crippen LogP contribution in [-0.4, -0.2) is 37.2 Å². The lowest BCUT2D eigenvalue weighted by Crippen LogP contribution is -2.30. The molecule has 0 aliphatic rings. The quantitative estimate of drug-likeness (QED) is 0.0261. The van der Waals surface area contributed by atoms with Crippen LogP contribution in [0.25, 0.3) is 0 Å². The highest BCUT2D eigenvalue weighted by Gasteiger charge is 2.19.